The third kappa shape index (κ3) is 4.56. The molecule has 1 aliphatic carbocycles. The number of nitrogens with zero attached hydrogens (tertiary/aromatic N) is 2. The molecule has 2 aromatic carbocycles. The molecule has 1 aliphatic heterocycles. The van der Waals surface area contributed by atoms with Crippen LogP contribution in [0, 0.1) is 0 Å². The van der Waals surface area contributed by atoms with Gasteiger partial charge in [0, 0.05) is 35.2 Å². The van der Waals surface area contributed by atoms with Crippen molar-refractivity contribution in [3.63, 3.8) is 0 Å². The predicted molar refractivity (Wildman–Crippen MR) is 137 cm³/mol. The molecule has 180 valence electrons. The smallest absolute Gasteiger partial charge is 0.255 e. The SMILES string of the molecule is NC(c1ccc(C(=O)Nc2ccncc2)cc1)C1CCCN1C(=O)C1(c2ccc(Cl)cc2)CCC1. The van der Waals surface area contributed by atoms with E-state index in [1.165, 1.54) is 0 Å². The Balaban J connectivity index is 1.31. The van der Waals surface area contributed by atoms with Crippen LogP contribution in [0.3, 0.4) is 0 Å². The average Bonchev–Trinajstić information content (AvgIpc) is 3.35. The van der Waals surface area contributed by atoms with Crippen LogP contribution in [0.15, 0.2) is 73.1 Å². The number of hydrogen-bond acceptors (Lipinski definition) is 4. The second-order valence-electron chi connectivity index (χ2n) is 9.49. The van der Waals surface area contributed by atoms with Crippen molar-refractivity contribution in [3.05, 3.63) is 94.8 Å². The van der Waals surface area contributed by atoms with E-state index in [1.807, 2.05) is 41.3 Å². The van der Waals surface area contributed by atoms with E-state index in [1.54, 1.807) is 36.7 Å². The zero-order valence-corrected chi connectivity index (χ0v) is 20.2. The molecule has 3 N–H and O–H groups in total. The van der Waals surface area contributed by atoms with Gasteiger partial charge in [0.15, 0.2) is 0 Å². The topological polar surface area (TPSA) is 88.3 Å². The molecular formula is C28H29ClN4O2. The van der Waals surface area contributed by atoms with Crippen LogP contribution >= 0.6 is 11.6 Å². The van der Waals surface area contributed by atoms with Crippen molar-refractivity contribution in [3.8, 4) is 0 Å². The number of pyridine rings is 1. The number of rotatable bonds is 6. The number of likely N-dealkylation sites (tertiary alicyclic amines) is 1. The van der Waals surface area contributed by atoms with Crippen LogP contribution < -0.4 is 11.1 Å². The Morgan fingerprint density at radius 2 is 1.69 bits per heavy atom. The molecule has 6 nitrogen and oxygen atoms in total. The number of benzene rings is 2. The summed E-state index contributed by atoms with van der Waals surface area (Å²) in [4.78, 5) is 32.4. The lowest BCUT2D eigenvalue weighted by Crippen LogP contribution is -2.54. The van der Waals surface area contributed by atoms with E-state index < -0.39 is 5.41 Å². The number of carbonyl (C=O) groups excluding carboxylic acids is 2. The minimum atomic E-state index is -0.470. The average molecular weight is 489 g/mol. The summed E-state index contributed by atoms with van der Waals surface area (Å²) in [5.41, 5.74) is 9.45. The Kier molecular flexibility index (Phi) is 6.58. The van der Waals surface area contributed by atoms with Crippen LogP contribution in [0.2, 0.25) is 5.02 Å². The summed E-state index contributed by atoms with van der Waals surface area (Å²) in [6.07, 6.45) is 7.82. The quantitative estimate of drug-likeness (QED) is 0.505. The fourth-order valence-electron chi connectivity index (χ4n) is 5.34. The summed E-state index contributed by atoms with van der Waals surface area (Å²) in [7, 11) is 0. The fourth-order valence-corrected chi connectivity index (χ4v) is 5.46. The van der Waals surface area contributed by atoms with Crippen LogP contribution in [0.1, 0.15) is 59.6 Å². The molecule has 2 aliphatic rings. The van der Waals surface area contributed by atoms with Gasteiger partial charge in [-0.05, 0) is 73.2 Å². The number of nitrogens with one attached hydrogen (secondary N) is 1. The third-order valence-corrected chi connectivity index (χ3v) is 7.74. The van der Waals surface area contributed by atoms with Gasteiger partial charge < -0.3 is 16.0 Å². The molecule has 0 bridgehead atoms. The van der Waals surface area contributed by atoms with Gasteiger partial charge in [0.25, 0.3) is 5.91 Å². The molecule has 2 unspecified atom stereocenters. The van der Waals surface area contributed by atoms with Crippen molar-refractivity contribution in [1.29, 1.82) is 0 Å². The summed E-state index contributed by atoms with van der Waals surface area (Å²) >= 11 is 6.09. The molecule has 2 amide bonds. The summed E-state index contributed by atoms with van der Waals surface area (Å²) in [6, 6.07) is 18.2. The molecule has 0 spiro atoms. The van der Waals surface area contributed by atoms with E-state index in [-0.39, 0.29) is 23.9 Å². The van der Waals surface area contributed by atoms with Crippen molar-refractivity contribution < 1.29 is 9.59 Å². The minimum Gasteiger partial charge on any atom is -0.337 e. The number of anilines is 1. The molecular weight excluding hydrogens is 460 g/mol. The zero-order valence-electron chi connectivity index (χ0n) is 19.5. The van der Waals surface area contributed by atoms with Gasteiger partial charge in [0.1, 0.15) is 0 Å². The molecule has 1 aromatic heterocycles. The Hall–Kier alpha value is -3.22. The summed E-state index contributed by atoms with van der Waals surface area (Å²) in [6.45, 7) is 0.721. The maximum absolute atomic E-state index is 13.9. The molecule has 2 atom stereocenters. The molecule has 0 radical (unpaired) electrons. The van der Waals surface area contributed by atoms with E-state index >= 15 is 0 Å². The van der Waals surface area contributed by atoms with Crippen molar-refractivity contribution in [2.75, 3.05) is 11.9 Å². The first-order chi connectivity index (χ1) is 17.0. The lowest BCUT2D eigenvalue weighted by molar-refractivity contribution is -0.142. The van der Waals surface area contributed by atoms with Gasteiger partial charge in [0.05, 0.1) is 17.5 Å². The summed E-state index contributed by atoms with van der Waals surface area (Å²) < 4.78 is 0. The maximum atomic E-state index is 13.9. The largest absolute Gasteiger partial charge is 0.337 e. The van der Waals surface area contributed by atoms with Crippen LogP contribution in [-0.2, 0) is 10.2 Å². The highest BCUT2D eigenvalue weighted by Crippen LogP contribution is 2.47. The monoisotopic (exact) mass is 488 g/mol. The molecule has 1 saturated heterocycles. The van der Waals surface area contributed by atoms with Gasteiger partial charge in [-0.1, -0.05) is 42.3 Å². The second-order valence-corrected chi connectivity index (χ2v) is 9.92. The lowest BCUT2D eigenvalue weighted by atomic mass is 9.63. The van der Waals surface area contributed by atoms with Crippen molar-refractivity contribution in [2.45, 2.75) is 49.6 Å². The highest BCUT2D eigenvalue weighted by atomic mass is 35.5. The van der Waals surface area contributed by atoms with E-state index in [4.69, 9.17) is 17.3 Å². The number of halogens is 1. The molecule has 35 heavy (non-hydrogen) atoms. The normalized spacial score (nSPS) is 19.6. The van der Waals surface area contributed by atoms with E-state index in [2.05, 4.69) is 10.3 Å². The Morgan fingerprint density at radius 3 is 2.31 bits per heavy atom. The number of carbonyl (C=O) groups is 2. The standard InChI is InChI=1S/C28H29ClN4O2/c29-22-10-8-21(9-11-22)28(14-2-15-28)27(35)33-18-1-3-24(33)25(30)19-4-6-20(7-5-19)26(34)32-23-12-16-31-17-13-23/h4-13,16-17,24-25H,1-3,14-15,18,30H2,(H,31,32,34). The zero-order chi connectivity index (χ0) is 24.4. The number of nitrogens with two attached hydrogens (primary N) is 1. The fraction of sp³-hybridized carbons (Fsp3) is 0.321. The first kappa shape index (κ1) is 23.5. The Labute approximate surface area is 210 Å². The van der Waals surface area contributed by atoms with E-state index in [9.17, 15) is 9.59 Å². The number of aromatic nitrogens is 1. The predicted octanol–water partition coefficient (Wildman–Crippen LogP) is 5.10. The Bertz CT molecular complexity index is 1190. The molecule has 5 rings (SSSR count). The highest BCUT2D eigenvalue weighted by Gasteiger charge is 2.50. The van der Waals surface area contributed by atoms with E-state index in [0.717, 1.165) is 49.8 Å². The molecule has 3 aromatic rings. The van der Waals surface area contributed by atoms with Crippen LogP contribution in [0.4, 0.5) is 5.69 Å². The number of hydrogen-bond donors (Lipinski definition) is 2. The van der Waals surface area contributed by atoms with Gasteiger partial charge in [-0.15, -0.1) is 0 Å². The molecule has 2 heterocycles. The first-order valence-corrected chi connectivity index (χ1v) is 12.5. The lowest BCUT2D eigenvalue weighted by Gasteiger charge is -2.45. The van der Waals surface area contributed by atoms with Gasteiger partial charge in [-0.2, -0.15) is 0 Å². The van der Waals surface area contributed by atoms with Gasteiger partial charge in [0.2, 0.25) is 5.91 Å². The van der Waals surface area contributed by atoms with Crippen LogP contribution in [0.25, 0.3) is 0 Å². The van der Waals surface area contributed by atoms with Crippen LogP contribution in [0.5, 0.6) is 0 Å². The Morgan fingerprint density at radius 1 is 1.00 bits per heavy atom. The van der Waals surface area contributed by atoms with Gasteiger partial charge in [-0.25, -0.2) is 0 Å². The summed E-state index contributed by atoms with van der Waals surface area (Å²) in [5, 5.41) is 3.54. The van der Waals surface area contributed by atoms with Crippen LogP contribution in [-0.4, -0.2) is 34.3 Å². The minimum absolute atomic E-state index is 0.0660. The van der Waals surface area contributed by atoms with Gasteiger partial charge in [-0.3, -0.25) is 14.6 Å². The molecule has 7 heteroatoms. The van der Waals surface area contributed by atoms with E-state index in [0.29, 0.717) is 16.3 Å². The van der Waals surface area contributed by atoms with Gasteiger partial charge >= 0.3 is 0 Å². The second kappa shape index (κ2) is 9.80. The number of amides is 2. The highest BCUT2D eigenvalue weighted by molar-refractivity contribution is 6.30. The van der Waals surface area contributed by atoms with Crippen molar-refractivity contribution in [1.82, 2.24) is 9.88 Å². The maximum Gasteiger partial charge on any atom is 0.255 e. The summed E-state index contributed by atoms with van der Waals surface area (Å²) in [5.74, 6) is -0.0127. The molecule has 1 saturated carbocycles. The van der Waals surface area contributed by atoms with Crippen molar-refractivity contribution in [2.24, 2.45) is 5.73 Å². The van der Waals surface area contributed by atoms with Crippen molar-refractivity contribution >= 4 is 29.1 Å². The third-order valence-electron chi connectivity index (χ3n) is 7.48. The first-order valence-electron chi connectivity index (χ1n) is 12.1. The molecule has 2 fully saturated rings.